The van der Waals surface area contributed by atoms with E-state index < -0.39 is 0 Å². The minimum atomic E-state index is 0.0866. The van der Waals surface area contributed by atoms with Crippen molar-refractivity contribution >= 4 is 5.78 Å². The number of ether oxygens (including phenoxy) is 3. The van der Waals surface area contributed by atoms with E-state index in [2.05, 4.69) is 0 Å². The van der Waals surface area contributed by atoms with Gasteiger partial charge in [0, 0.05) is 25.0 Å². The van der Waals surface area contributed by atoms with Crippen LogP contribution < -0.4 is 9.47 Å². The average Bonchev–Trinajstić information content (AvgIpc) is 2.81. The molecule has 1 unspecified atom stereocenters. The van der Waals surface area contributed by atoms with E-state index in [0.717, 1.165) is 31.6 Å². The van der Waals surface area contributed by atoms with Gasteiger partial charge in [-0.3, -0.25) is 4.79 Å². The summed E-state index contributed by atoms with van der Waals surface area (Å²) < 4.78 is 16.7. The standard InChI is InChI=1S/C15H18O4/c16-13(10-12-3-1-6-17-12)11-4-5-14-15(9-11)19-8-2-7-18-14/h4-5,9,12H,1-3,6-8,10H2. The summed E-state index contributed by atoms with van der Waals surface area (Å²) in [4.78, 5) is 12.2. The molecule has 1 atom stereocenters. The summed E-state index contributed by atoms with van der Waals surface area (Å²) in [6.45, 7) is 2.08. The molecule has 0 saturated carbocycles. The van der Waals surface area contributed by atoms with Crippen molar-refractivity contribution in [1.29, 1.82) is 0 Å². The van der Waals surface area contributed by atoms with Crippen LogP contribution in [0.2, 0.25) is 0 Å². The second-order valence-corrected chi connectivity index (χ2v) is 4.97. The minimum absolute atomic E-state index is 0.0866. The van der Waals surface area contributed by atoms with Gasteiger partial charge in [-0.25, -0.2) is 0 Å². The normalized spacial score (nSPS) is 22.0. The SMILES string of the molecule is O=C(CC1CCCO1)c1ccc2c(c1)OCCCO2. The van der Waals surface area contributed by atoms with E-state index in [9.17, 15) is 4.79 Å². The van der Waals surface area contributed by atoms with Crippen LogP contribution in [0.3, 0.4) is 0 Å². The van der Waals surface area contributed by atoms with E-state index in [1.807, 2.05) is 12.1 Å². The maximum Gasteiger partial charge on any atom is 0.165 e. The van der Waals surface area contributed by atoms with E-state index in [1.165, 1.54) is 0 Å². The lowest BCUT2D eigenvalue weighted by Crippen LogP contribution is -2.12. The Bertz CT molecular complexity index is 463. The molecule has 19 heavy (non-hydrogen) atoms. The van der Waals surface area contributed by atoms with Crippen molar-refractivity contribution in [1.82, 2.24) is 0 Å². The summed E-state index contributed by atoms with van der Waals surface area (Å²) in [5, 5.41) is 0. The maximum atomic E-state index is 12.2. The Balaban J connectivity index is 1.73. The van der Waals surface area contributed by atoms with Gasteiger partial charge < -0.3 is 14.2 Å². The molecule has 4 nitrogen and oxygen atoms in total. The molecule has 2 aliphatic rings. The van der Waals surface area contributed by atoms with Crippen LogP contribution in [0.5, 0.6) is 11.5 Å². The molecule has 0 amide bonds. The lowest BCUT2D eigenvalue weighted by molar-refractivity contribution is 0.0775. The van der Waals surface area contributed by atoms with Gasteiger partial charge in [0.2, 0.25) is 0 Å². The highest BCUT2D eigenvalue weighted by Crippen LogP contribution is 2.31. The molecule has 0 N–H and O–H groups in total. The zero-order valence-electron chi connectivity index (χ0n) is 10.9. The van der Waals surface area contributed by atoms with Gasteiger partial charge >= 0.3 is 0 Å². The third-order valence-electron chi connectivity index (χ3n) is 3.51. The molecule has 0 radical (unpaired) electrons. The molecular weight excluding hydrogens is 244 g/mol. The minimum Gasteiger partial charge on any atom is -0.490 e. The summed E-state index contributed by atoms with van der Waals surface area (Å²) in [7, 11) is 0. The molecule has 1 saturated heterocycles. The molecule has 0 spiro atoms. The van der Waals surface area contributed by atoms with Gasteiger partial charge in [-0.2, -0.15) is 0 Å². The highest BCUT2D eigenvalue weighted by molar-refractivity contribution is 5.97. The van der Waals surface area contributed by atoms with E-state index >= 15 is 0 Å². The molecule has 0 aromatic heterocycles. The van der Waals surface area contributed by atoms with Gasteiger partial charge in [-0.1, -0.05) is 0 Å². The molecule has 0 aliphatic carbocycles. The van der Waals surface area contributed by atoms with Crippen molar-refractivity contribution < 1.29 is 19.0 Å². The summed E-state index contributed by atoms with van der Waals surface area (Å²) in [6, 6.07) is 5.42. The van der Waals surface area contributed by atoms with Crippen molar-refractivity contribution in [3.8, 4) is 11.5 Å². The largest absolute Gasteiger partial charge is 0.490 e. The van der Waals surface area contributed by atoms with Crippen LogP contribution in [-0.2, 0) is 4.74 Å². The van der Waals surface area contributed by atoms with Crippen molar-refractivity contribution in [2.75, 3.05) is 19.8 Å². The maximum absolute atomic E-state index is 12.2. The fraction of sp³-hybridized carbons (Fsp3) is 0.533. The Morgan fingerprint density at radius 3 is 2.74 bits per heavy atom. The van der Waals surface area contributed by atoms with Gasteiger partial charge in [0.25, 0.3) is 0 Å². The van der Waals surface area contributed by atoms with E-state index in [4.69, 9.17) is 14.2 Å². The van der Waals surface area contributed by atoms with Crippen LogP contribution in [0.4, 0.5) is 0 Å². The Labute approximate surface area is 112 Å². The fourth-order valence-corrected chi connectivity index (χ4v) is 2.47. The van der Waals surface area contributed by atoms with Gasteiger partial charge in [-0.15, -0.1) is 0 Å². The number of hydrogen-bond donors (Lipinski definition) is 0. The van der Waals surface area contributed by atoms with Crippen LogP contribution in [0, 0.1) is 0 Å². The third-order valence-corrected chi connectivity index (χ3v) is 3.51. The van der Waals surface area contributed by atoms with Crippen LogP contribution >= 0.6 is 0 Å². The van der Waals surface area contributed by atoms with Crippen molar-refractivity contribution in [3.05, 3.63) is 23.8 Å². The molecule has 3 rings (SSSR count). The predicted octanol–water partition coefficient (Wildman–Crippen LogP) is 2.60. The quantitative estimate of drug-likeness (QED) is 0.785. The first-order valence-corrected chi connectivity index (χ1v) is 6.87. The van der Waals surface area contributed by atoms with Gasteiger partial charge in [0.15, 0.2) is 17.3 Å². The van der Waals surface area contributed by atoms with E-state index in [1.54, 1.807) is 6.07 Å². The summed E-state index contributed by atoms with van der Waals surface area (Å²) in [5.74, 6) is 1.52. The van der Waals surface area contributed by atoms with Crippen molar-refractivity contribution in [2.45, 2.75) is 31.8 Å². The van der Waals surface area contributed by atoms with Gasteiger partial charge in [0.05, 0.1) is 19.3 Å². The van der Waals surface area contributed by atoms with E-state index in [0.29, 0.717) is 30.9 Å². The summed E-state index contributed by atoms with van der Waals surface area (Å²) in [6.07, 6.45) is 3.45. The number of Topliss-reactive ketones (excluding diaryl/α,β-unsaturated/α-hetero) is 1. The Morgan fingerprint density at radius 1 is 1.11 bits per heavy atom. The third kappa shape index (κ3) is 2.89. The second kappa shape index (κ2) is 5.61. The Kier molecular flexibility index (Phi) is 3.69. The molecular formula is C15H18O4. The topological polar surface area (TPSA) is 44.8 Å². The van der Waals surface area contributed by atoms with Crippen LogP contribution in [0.25, 0.3) is 0 Å². The Hall–Kier alpha value is -1.55. The second-order valence-electron chi connectivity index (χ2n) is 4.97. The highest BCUT2D eigenvalue weighted by Gasteiger charge is 2.21. The zero-order chi connectivity index (χ0) is 13.1. The van der Waals surface area contributed by atoms with Crippen LogP contribution in [0.1, 0.15) is 36.0 Å². The number of rotatable bonds is 3. The predicted molar refractivity (Wildman–Crippen MR) is 70.0 cm³/mol. The van der Waals surface area contributed by atoms with Crippen molar-refractivity contribution in [3.63, 3.8) is 0 Å². The first-order valence-electron chi connectivity index (χ1n) is 6.87. The smallest absolute Gasteiger partial charge is 0.165 e. The van der Waals surface area contributed by atoms with Crippen molar-refractivity contribution in [2.24, 2.45) is 0 Å². The molecule has 0 bridgehead atoms. The zero-order valence-corrected chi connectivity index (χ0v) is 10.9. The van der Waals surface area contributed by atoms with E-state index in [-0.39, 0.29) is 11.9 Å². The molecule has 2 heterocycles. The number of ketones is 1. The first kappa shape index (κ1) is 12.5. The number of fused-ring (bicyclic) bond motifs is 1. The molecule has 102 valence electrons. The average molecular weight is 262 g/mol. The lowest BCUT2D eigenvalue weighted by Gasteiger charge is -2.11. The van der Waals surface area contributed by atoms with Crippen LogP contribution in [0.15, 0.2) is 18.2 Å². The molecule has 1 aromatic rings. The number of carbonyl (C=O) groups excluding carboxylic acids is 1. The summed E-state index contributed by atoms with van der Waals surface area (Å²) in [5.41, 5.74) is 0.680. The molecule has 1 fully saturated rings. The molecule has 4 heteroatoms. The number of benzene rings is 1. The monoisotopic (exact) mass is 262 g/mol. The van der Waals surface area contributed by atoms with Gasteiger partial charge in [0.1, 0.15) is 0 Å². The Morgan fingerprint density at radius 2 is 1.95 bits per heavy atom. The lowest BCUT2D eigenvalue weighted by atomic mass is 10.0. The number of carbonyl (C=O) groups is 1. The highest BCUT2D eigenvalue weighted by atomic mass is 16.5. The van der Waals surface area contributed by atoms with Crippen LogP contribution in [-0.4, -0.2) is 31.7 Å². The fourth-order valence-electron chi connectivity index (χ4n) is 2.47. The number of hydrogen-bond acceptors (Lipinski definition) is 4. The molecule has 1 aromatic carbocycles. The molecule has 2 aliphatic heterocycles. The summed E-state index contributed by atoms with van der Waals surface area (Å²) >= 11 is 0. The van der Waals surface area contributed by atoms with Gasteiger partial charge in [-0.05, 0) is 31.0 Å². The first-order chi connectivity index (χ1) is 9.33.